The number of rotatable bonds is 3. The maximum atomic E-state index is 13.7. The summed E-state index contributed by atoms with van der Waals surface area (Å²) >= 11 is 0. The highest BCUT2D eigenvalue weighted by molar-refractivity contribution is 5.21. The number of hydrogen-bond acceptors (Lipinski definition) is 3. The average Bonchev–Trinajstić information content (AvgIpc) is 2.50. The Morgan fingerprint density at radius 2 is 2.10 bits per heavy atom. The molecule has 0 aromatic heterocycles. The van der Waals surface area contributed by atoms with Gasteiger partial charge in [-0.15, -0.1) is 0 Å². The first-order valence-electron chi connectivity index (χ1n) is 7.64. The molecule has 1 aromatic carbocycles. The zero-order valence-electron chi connectivity index (χ0n) is 12.0. The number of nitrogens with zero attached hydrogens (tertiary/aromatic N) is 1. The second-order valence-electron chi connectivity index (χ2n) is 5.94. The Morgan fingerprint density at radius 1 is 1.29 bits per heavy atom. The van der Waals surface area contributed by atoms with Crippen LogP contribution < -0.4 is 0 Å². The van der Waals surface area contributed by atoms with Crippen LogP contribution in [0.3, 0.4) is 0 Å². The van der Waals surface area contributed by atoms with Crippen LogP contribution in [0.5, 0.6) is 0 Å². The highest BCUT2D eigenvalue weighted by atomic mass is 19.1. The van der Waals surface area contributed by atoms with Gasteiger partial charge in [-0.1, -0.05) is 12.8 Å². The molecule has 0 spiro atoms. The third-order valence-electron chi connectivity index (χ3n) is 4.57. The molecule has 1 saturated carbocycles. The third-order valence-corrected chi connectivity index (χ3v) is 4.57. The molecule has 5 heteroatoms. The van der Waals surface area contributed by atoms with Crippen LogP contribution in [0.1, 0.15) is 37.4 Å². The molecule has 3 atom stereocenters. The summed E-state index contributed by atoms with van der Waals surface area (Å²) in [6.45, 7) is 1.69. The monoisotopic (exact) mass is 297 g/mol. The molecule has 116 valence electrons. The summed E-state index contributed by atoms with van der Waals surface area (Å²) in [4.78, 5) is 2.17. The summed E-state index contributed by atoms with van der Waals surface area (Å²) in [7, 11) is 0. The van der Waals surface area contributed by atoms with Gasteiger partial charge in [0.2, 0.25) is 0 Å². The van der Waals surface area contributed by atoms with Crippen molar-refractivity contribution in [2.45, 2.75) is 43.9 Å². The number of ether oxygens (including phenoxy) is 1. The molecule has 21 heavy (non-hydrogen) atoms. The molecule has 2 aliphatic rings. The van der Waals surface area contributed by atoms with Crippen molar-refractivity contribution in [1.82, 2.24) is 4.90 Å². The summed E-state index contributed by atoms with van der Waals surface area (Å²) in [5.41, 5.74) is 0.0360. The molecule has 1 aromatic rings. The molecule has 1 heterocycles. The van der Waals surface area contributed by atoms with Crippen LogP contribution in [-0.2, 0) is 4.74 Å². The van der Waals surface area contributed by atoms with Gasteiger partial charge in [0.25, 0.3) is 0 Å². The summed E-state index contributed by atoms with van der Waals surface area (Å²) in [5.74, 6) is -1.08. The molecule has 0 radical (unpaired) electrons. The van der Waals surface area contributed by atoms with Gasteiger partial charge in [-0.3, -0.25) is 4.90 Å². The smallest absolute Gasteiger partial charge is 0.129 e. The van der Waals surface area contributed by atoms with Crippen LogP contribution in [0.25, 0.3) is 0 Å². The fourth-order valence-electron chi connectivity index (χ4n) is 3.49. The Morgan fingerprint density at radius 3 is 2.95 bits per heavy atom. The van der Waals surface area contributed by atoms with Crippen molar-refractivity contribution in [3.63, 3.8) is 0 Å². The highest BCUT2D eigenvalue weighted by Crippen LogP contribution is 2.30. The fourth-order valence-corrected chi connectivity index (χ4v) is 3.49. The number of morpholine rings is 1. The lowest BCUT2D eigenvalue weighted by atomic mass is 9.89. The molecule has 2 fully saturated rings. The summed E-state index contributed by atoms with van der Waals surface area (Å²) in [5, 5.41) is 10.3. The molecule has 1 aliphatic carbocycles. The quantitative estimate of drug-likeness (QED) is 0.931. The molecule has 0 bridgehead atoms. The van der Waals surface area contributed by atoms with Gasteiger partial charge in [0.15, 0.2) is 0 Å². The number of aliphatic hydroxyl groups excluding tert-OH is 1. The second kappa shape index (κ2) is 6.38. The first-order chi connectivity index (χ1) is 10.1. The molecule has 0 amide bonds. The highest BCUT2D eigenvalue weighted by Gasteiger charge is 2.35. The van der Waals surface area contributed by atoms with Crippen LogP contribution in [0.4, 0.5) is 8.78 Å². The fraction of sp³-hybridized carbons (Fsp3) is 0.625. The Hall–Kier alpha value is -1.04. The van der Waals surface area contributed by atoms with Crippen molar-refractivity contribution in [2.24, 2.45) is 0 Å². The van der Waals surface area contributed by atoms with E-state index >= 15 is 0 Å². The predicted molar refractivity (Wildman–Crippen MR) is 74.9 cm³/mol. The third kappa shape index (κ3) is 3.25. The van der Waals surface area contributed by atoms with E-state index in [0.29, 0.717) is 19.2 Å². The zero-order chi connectivity index (χ0) is 14.8. The summed E-state index contributed by atoms with van der Waals surface area (Å²) in [6.07, 6.45) is 3.63. The van der Waals surface area contributed by atoms with Gasteiger partial charge in [0.05, 0.1) is 18.8 Å². The molecule has 1 saturated heterocycles. The van der Waals surface area contributed by atoms with Crippen molar-refractivity contribution in [2.75, 3.05) is 19.7 Å². The Bertz CT molecular complexity index is 495. The van der Waals surface area contributed by atoms with E-state index in [0.717, 1.165) is 44.0 Å². The zero-order valence-corrected chi connectivity index (χ0v) is 12.0. The van der Waals surface area contributed by atoms with Crippen molar-refractivity contribution < 1.29 is 18.6 Å². The first-order valence-corrected chi connectivity index (χ1v) is 7.64. The first kappa shape index (κ1) is 14.9. The average molecular weight is 297 g/mol. The van der Waals surface area contributed by atoms with E-state index in [-0.39, 0.29) is 11.7 Å². The lowest BCUT2D eigenvalue weighted by Gasteiger charge is -2.44. The van der Waals surface area contributed by atoms with Crippen LogP contribution >= 0.6 is 0 Å². The largest absolute Gasteiger partial charge is 0.387 e. The number of fused-ring (bicyclic) bond motifs is 1. The van der Waals surface area contributed by atoms with E-state index in [4.69, 9.17) is 4.74 Å². The summed E-state index contributed by atoms with van der Waals surface area (Å²) < 4.78 is 32.8. The SMILES string of the molecule is O[C@H](CN1CCO[C@H]2CCCC[C@H]21)c1cc(F)ccc1F. The Labute approximate surface area is 123 Å². The van der Waals surface area contributed by atoms with E-state index in [9.17, 15) is 13.9 Å². The Kier molecular flexibility index (Phi) is 4.52. The van der Waals surface area contributed by atoms with E-state index in [1.807, 2.05) is 0 Å². The minimum absolute atomic E-state index is 0.0360. The normalized spacial score (nSPS) is 28.1. The Balaban J connectivity index is 1.71. The lowest BCUT2D eigenvalue weighted by molar-refractivity contribution is -0.0976. The number of β-amino-alcohol motifs (C(OH)–C–C–N with tert-alkyl or cyclic N) is 1. The topological polar surface area (TPSA) is 32.7 Å². The van der Waals surface area contributed by atoms with Crippen LogP contribution in [0.2, 0.25) is 0 Å². The van der Waals surface area contributed by atoms with Gasteiger partial charge in [0.1, 0.15) is 11.6 Å². The number of halogens is 2. The van der Waals surface area contributed by atoms with Crippen molar-refractivity contribution >= 4 is 0 Å². The molecule has 0 unspecified atom stereocenters. The van der Waals surface area contributed by atoms with E-state index < -0.39 is 17.7 Å². The molecule has 3 nitrogen and oxygen atoms in total. The molecular weight excluding hydrogens is 276 g/mol. The van der Waals surface area contributed by atoms with Gasteiger partial charge in [0, 0.05) is 24.7 Å². The lowest BCUT2D eigenvalue weighted by Crippen LogP contribution is -2.53. The number of aliphatic hydroxyl groups is 1. The van der Waals surface area contributed by atoms with Gasteiger partial charge >= 0.3 is 0 Å². The van der Waals surface area contributed by atoms with Crippen LogP contribution in [0, 0.1) is 11.6 Å². The van der Waals surface area contributed by atoms with Gasteiger partial charge in [-0.25, -0.2) is 8.78 Å². The van der Waals surface area contributed by atoms with Crippen LogP contribution in [-0.4, -0.2) is 41.8 Å². The van der Waals surface area contributed by atoms with Crippen LogP contribution in [0.15, 0.2) is 18.2 Å². The summed E-state index contributed by atoms with van der Waals surface area (Å²) in [6, 6.07) is 3.51. The van der Waals surface area contributed by atoms with Gasteiger partial charge < -0.3 is 9.84 Å². The maximum Gasteiger partial charge on any atom is 0.129 e. The molecule has 1 aliphatic heterocycles. The minimum atomic E-state index is -1.01. The minimum Gasteiger partial charge on any atom is -0.387 e. The molecule has 3 rings (SSSR count). The van der Waals surface area contributed by atoms with Gasteiger partial charge in [-0.2, -0.15) is 0 Å². The second-order valence-corrected chi connectivity index (χ2v) is 5.94. The van der Waals surface area contributed by atoms with E-state index in [1.54, 1.807) is 0 Å². The van der Waals surface area contributed by atoms with Crippen molar-refractivity contribution in [1.29, 1.82) is 0 Å². The molecule has 1 N–H and O–H groups in total. The van der Waals surface area contributed by atoms with E-state index in [2.05, 4.69) is 4.90 Å². The standard InChI is InChI=1S/C16H21F2NO2/c17-11-5-6-13(18)12(9-11)15(20)10-19-7-8-21-16-4-2-1-3-14(16)19/h5-6,9,14-16,20H,1-4,7-8,10H2/t14-,15-,16+/m1/s1. The number of benzene rings is 1. The number of hydrogen-bond donors (Lipinski definition) is 1. The van der Waals surface area contributed by atoms with Crippen molar-refractivity contribution in [3.8, 4) is 0 Å². The maximum absolute atomic E-state index is 13.7. The van der Waals surface area contributed by atoms with Crippen molar-refractivity contribution in [3.05, 3.63) is 35.4 Å². The van der Waals surface area contributed by atoms with Gasteiger partial charge in [-0.05, 0) is 31.0 Å². The predicted octanol–water partition coefficient (Wildman–Crippen LogP) is 2.64. The molecular formula is C16H21F2NO2. The van der Waals surface area contributed by atoms with E-state index in [1.165, 1.54) is 6.42 Å².